The molecule has 1 aromatic heterocycles. The Balaban J connectivity index is 1.76. The lowest BCUT2D eigenvalue weighted by Crippen LogP contribution is -2.59. The van der Waals surface area contributed by atoms with Crippen LogP contribution >= 0.6 is 0 Å². The van der Waals surface area contributed by atoms with Gasteiger partial charge in [0.15, 0.2) is 0 Å². The molecule has 0 radical (unpaired) electrons. The highest BCUT2D eigenvalue weighted by molar-refractivity contribution is 5.81. The van der Waals surface area contributed by atoms with Crippen molar-refractivity contribution in [3.8, 4) is 0 Å². The van der Waals surface area contributed by atoms with Crippen LogP contribution in [0.3, 0.4) is 0 Å². The minimum Gasteiger partial charge on any atom is -0.392 e. The number of aliphatic hydroxyl groups excluding tert-OH is 1. The molecular formula is C16H20N2O. The second-order valence-corrected chi connectivity index (χ2v) is 6.00. The zero-order valence-electron chi connectivity index (χ0n) is 11.4. The lowest BCUT2D eigenvalue weighted by Gasteiger charge is -2.49. The summed E-state index contributed by atoms with van der Waals surface area (Å²) in [6, 6.07) is 10.7. The first-order chi connectivity index (χ1) is 9.09. The average Bonchev–Trinajstić information content (AvgIpc) is 2.43. The topological polar surface area (TPSA) is 45.1 Å². The number of fused-ring (bicyclic) bond motifs is 1. The number of rotatable bonds is 3. The van der Waals surface area contributed by atoms with Crippen molar-refractivity contribution in [2.75, 3.05) is 0 Å². The lowest BCUT2D eigenvalue weighted by molar-refractivity contribution is -0.0729. The number of hydrogen-bond acceptors (Lipinski definition) is 3. The number of benzene rings is 1. The van der Waals surface area contributed by atoms with Crippen molar-refractivity contribution in [3.63, 3.8) is 0 Å². The van der Waals surface area contributed by atoms with Crippen LogP contribution in [0, 0.1) is 5.41 Å². The molecule has 0 aliphatic heterocycles. The number of para-hydroxylation sites is 1. The predicted molar refractivity (Wildman–Crippen MR) is 76.8 cm³/mol. The Hall–Kier alpha value is -1.45. The molecule has 2 atom stereocenters. The van der Waals surface area contributed by atoms with E-state index in [4.69, 9.17) is 0 Å². The van der Waals surface area contributed by atoms with Gasteiger partial charge in [0, 0.05) is 29.6 Å². The van der Waals surface area contributed by atoms with Gasteiger partial charge in [-0.05, 0) is 18.1 Å². The minimum atomic E-state index is -0.185. The van der Waals surface area contributed by atoms with E-state index in [9.17, 15) is 5.11 Å². The van der Waals surface area contributed by atoms with Gasteiger partial charge in [-0.1, -0.05) is 38.1 Å². The summed E-state index contributed by atoms with van der Waals surface area (Å²) in [7, 11) is 0. The third kappa shape index (κ3) is 2.13. The monoisotopic (exact) mass is 256 g/mol. The molecule has 0 spiro atoms. The summed E-state index contributed by atoms with van der Waals surface area (Å²) in [5, 5.41) is 14.5. The van der Waals surface area contributed by atoms with Crippen molar-refractivity contribution < 1.29 is 5.11 Å². The van der Waals surface area contributed by atoms with Gasteiger partial charge in [0.05, 0.1) is 11.6 Å². The number of aliphatic hydroxyl groups is 1. The smallest absolute Gasteiger partial charge is 0.0746 e. The molecule has 2 unspecified atom stereocenters. The van der Waals surface area contributed by atoms with Crippen LogP contribution in [-0.4, -0.2) is 22.2 Å². The van der Waals surface area contributed by atoms with Crippen LogP contribution in [0.15, 0.2) is 36.5 Å². The molecule has 0 bridgehead atoms. The fourth-order valence-corrected chi connectivity index (χ4v) is 2.79. The molecule has 3 heteroatoms. The Morgan fingerprint density at radius 1 is 1.32 bits per heavy atom. The third-order valence-electron chi connectivity index (χ3n) is 4.47. The Bertz CT molecular complexity index is 589. The maximum Gasteiger partial charge on any atom is 0.0746 e. The van der Waals surface area contributed by atoms with Crippen LogP contribution in [-0.2, 0) is 6.54 Å². The summed E-state index contributed by atoms with van der Waals surface area (Å²) >= 11 is 0. The summed E-state index contributed by atoms with van der Waals surface area (Å²) < 4.78 is 0. The fourth-order valence-electron chi connectivity index (χ4n) is 2.79. The molecule has 2 N–H and O–H groups in total. The predicted octanol–water partition coefficient (Wildman–Crippen LogP) is 2.48. The van der Waals surface area contributed by atoms with Gasteiger partial charge in [-0.2, -0.15) is 0 Å². The van der Waals surface area contributed by atoms with Gasteiger partial charge in [-0.3, -0.25) is 4.98 Å². The molecule has 0 saturated heterocycles. The molecule has 1 heterocycles. The van der Waals surface area contributed by atoms with E-state index in [1.165, 1.54) is 10.9 Å². The molecule has 3 nitrogen and oxygen atoms in total. The summed E-state index contributed by atoms with van der Waals surface area (Å²) in [5.41, 5.74) is 2.25. The van der Waals surface area contributed by atoms with Gasteiger partial charge >= 0.3 is 0 Å². The zero-order chi connectivity index (χ0) is 13.5. The summed E-state index contributed by atoms with van der Waals surface area (Å²) in [6.45, 7) is 5.02. The Kier molecular flexibility index (Phi) is 3.03. The molecule has 1 aliphatic rings. The normalized spacial score (nSPS) is 25.2. The summed E-state index contributed by atoms with van der Waals surface area (Å²) in [5.74, 6) is 0. The van der Waals surface area contributed by atoms with E-state index in [1.807, 2.05) is 12.3 Å². The van der Waals surface area contributed by atoms with Crippen LogP contribution < -0.4 is 5.32 Å². The first-order valence-electron chi connectivity index (χ1n) is 6.83. The van der Waals surface area contributed by atoms with Gasteiger partial charge in [0.25, 0.3) is 0 Å². The molecule has 1 aromatic carbocycles. The third-order valence-corrected chi connectivity index (χ3v) is 4.47. The van der Waals surface area contributed by atoms with Gasteiger partial charge in [0.2, 0.25) is 0 Å². The number of aromatic nitrogens is 1. The van der Waals surface area contributed by atoms with Crippen molar-refractivity contribution in [2.24, 2.45) is 5.41 Å². The average molecular weight is 256 g/mol. The summed E-state index contributed by atoms with van der Waals surface area (Å²) in [6.07, 6.45) is 2.49. The molecule has 1 fully saturated rings. The van der Waals surface area contributed by atoms with Crippen molar-refractivity contribution in [2.45, 2.75) is 39.0 Å². The van der Waals surface area contributed by atoms with E-state index >= 15 is 0 Å². The SMILES string of the molecule is CC1(C)C(O)CC1NCc1cccc2cccnc12. The second-order valence-electron chi connectivity index (χ2n) is 6.00. The van der Waals surface area contributed by atoms with Crippen LogP contribution in [0.5, 0.6) is 0 Å². The van der Waals surface area contributed by atoms with E-state index in [1.54, 1.807) is 0 Å². The first kappa shape index (κ1) is 12.6. The Morgan fingerprint density at radius 3 is 2.84 bits per heavy atom. The van der Waals surface area contributed by atoms with E-state index < -0.39 is 0 Å². The van der Waals surface area contributed by atoms with Crippen LogP contribution in [0.25, 0.3) is 10.9 Å². The lowest BCUT2D eigenvalue weighted by atomic mass is 9.64. The van der Waals surface area contributed by atoms with Gasteiger partial charge in [0.1, 0.15) is 0 Å². The van der Waals surface area contributed by atoms with Gasteiger partial charge in [-0.15, -0.1) is 0 Å². The van der Waals surface area contributed by atoms with Crippen molar-refractivity contribution >= 4 is 10.9 Å². The van der Waals surface area contributed by atoms with E-state index in [0.29, 0.717) is 6.04 Å². The van der Waals surface area contributed by atoms with Crippen molar-refractivity contribution in [1.29, 1.82) is 0 Å². The number of pyridine rings is 1. The molecule has 2 aromatic rings. The highest BCUT2D eigenvalue weighted by Gasteiger charge is 2.46. The molecule has 0 amide bonds. The van der Waals surface area contributed by atoms with E-state index in [-0.39, 0.29) is 11.5 Å². The minimum absolute atomic E-state index is 0.0297. The highest BCUT2D eigenvalue weighted by Crippen LogP contribution is 2.40. The quantitative estimate of drug-likeness (QED) is 0.887. The molecule has 1 aliphatic carbocycles. The number of hydrogen-bond donors (Lipinski definition) is 2. The van der Waals surface area contributed by atoms with Crippen molar-refractivity contribution in [1.82, 2.24) is 10.3 Å². The molecule has 3 rings (SSSR count). The Labute approximate surface area is 113 Å². The van der Waals surface area contributed by atoms with E-state index in [0.717, 1.165) is 18.5 Å². The summed E-state index contributed by atoms with van der Waals surface area (Å²) in [4.78, 5) is 4.46. The van der Waals surface area contributed by atoms with Crippen molar-refractivity contribution in [3.05, 3.63) is 42.1 Å². The standard InChI is InChI=1S/C16H20N2O/c1-16(2)13(9-14(16)19)18-10-12-6-3-5-11-7-4-8-17-15(11)12/h3-8,13-14,18-19H,9-10H2,1-2H3. The maximum atomic E-state index is 9.76. The van der Waals surface area contributed by atoms with E-state index in [2.05, 4.69) is 48.4 Å². The molecule has 100 valence electrons. The first-order valence-corrected chi connectivity index (χ1v) is 6.83. The molecule has 1 saturated carbocycles. The largest absolute Gasteiger partial charge is 0.392 e. The maximum absolute atomic E-state index is 9.76. The van der Waals surface area contributed by atoms with Crippen LogP contribution in [0.1, 0.15) is 25.8 Å². The van der Waals surface area contributed by atoms with Crippen LogP contribution in [0.2, 0.25) is 0 Å². The Morgan fingerprint density at radius 2 is 2.11 bits per heavy atom. The van der Waals surface area contributed by atoms with Gasteiger partial charge in [-0.25, -0.2) is 0 Å². The van der Waals surface area contributed by atoms with Crippen LogP contribution in [0.4, 0.5) is 0 Å². The highest BCUT2D eigenvalue weighted by atomic mass is 16.3. The molecule has 19 heavy (non-hydrogen) atoms. The zero-order valence-corrected chi connectivity index (χ0v) is 11.4. The second kappa shape index (κ2) is 4.58. The number of nitrogens with zero attached hydrogens (tertiary/aromatic N) is 1. The number of nitrogens with one attached hydrogen (secondary N) is 1. The van der Waals surface area contributed by atoms with Gasteiger partial charge < -0.3 is 10.4 Å². The molecular weight excluding hydrogens is 236 g/mol. The fraction of sp³-hybridized carbons (Fsp3) is 0.438.